The Morgan fingerprint density at radius 1 is 0.458 bits per heavy atom. The lowest BCUT2D eigenvalue weighted by atomic mass is 10.0. The molecule has 0 bridgehead atoms. The average molecular weight is 825 g/mol. The third-order valence-electron chi connectivity index (χ3n) is 8.62. The third-order valence-corrected chi connectivity index (χ3v) is 11.1. The highest BCUT2D eigenvalue weighted by molar-refractivity contribution is 7.87. The molecule has 6 aromatic rings. The lowest BCUT2D eigenvalue weighted by molar-refractivity contribution is -0.137. The van der Waals surface area contributed by atoms with Gasteiger partial charge in [0.05, 0.1) is 11.1 Å². The van der Waals surface area contributed by atoms with Crippen molar-refractivity contribution in [2.45, 2.75) is 16.7 Å². The number of benzene rings is 6. The van der Waals surface area contributed by atoms with Crippen LogP contribution in [0.3, 0.4) is 0 Å². The van der Waals surface area contributed by atoms with E-state index in [1.807, 2.05) is 67.6 Å². The molecule has 59 heavy (non-hydrogen) atoms. The van der Waals surface area contributed by atoms with Crippen LogP contribution in [0, 0.1) is 6.92 Å². The summed E-state index contributed by atoms with van der Waals surface area (Å²) < 4.78 is 59.8. The smallest absolute Gasteiger partial charge is 0.368 e. The van der Waals surface area contributed by atoms with Crippen molar-refractivity contribution >= 4 is 55.8 Å². The van der Waals surface area contributed by atoms with Gasteiger partial charge in [0.1, 0.15) is 32.7 Å². The highest BCUT2D eigenvalue weighted by Gasteiger charge is 2.28. The zero-order valence-electron chi connectivity index (χ0n) is 31.0. The van der Waals surface area contributed by atoms with E-state index in [2.05, 4.69) is 10.3 Å². The maximum absolute atomic E-state index is 12.4. The molecule has 2 aliphatic rings. The molecule has 0 amide bonds. The molecule has 8 rings (SSSR count). The van der Waals surface area contributed by atoms with Crippen LogP contribution >= 0.6 is 0 Å². The Balaban J connectivity index is 0.000000179. The van der Waals surface area contributed by atoms with Gasteiger partial charge in [-0.05, 0) is 78.7 Å². The van der Waals surface area contributed by atoms with Crippen molar-refractivity contribution in [2.75, 3.05) is 0 Å². The van der Waals surface area contributed by atoms with Crippen LogP contribution in [0.1, 0.15) is 27.8 Å². The lowest BCUT2D eigenvalue weighted by Gasteiger charge is -2.07. The van der Waals surface area contributed by atoms with Crippen LogP contribution in [0.25, 0.3) is 12.2 Å². The zero-order valence-corrected chi connectivity index (χ0v) is 32.7. The minimum absolute atomic E-state index is 0.0728. The van der Waals surface area contributed by atoms with Crippen LogP contribution in [0.5, 0.6) is 11.5 Å². The molecule has 0 spiro atoms. The van der Waals surface area contributed by atoms with Gasteiger partial charge in [0.15, 0.2) is 0 Å². The molecule has 0 radical (unpaired) electrons. The Morgan fingerprint density at radius 2 is 0.814 bits per heavy atom. The van der Waals surface area contributed by atoms with Crippen molar-refractivity contribution in [2.24, 2.45) is 10.3 Å². The summed E-state index contributed by atoms with van der Waals surface area (Å²) in [5.74, 6) is -0.752. The van der Waals surface area contributed by atoms with Crippen LogP contribution in [0.15, 0.2) is 195 Å². The molecular weight excluding hydrogens is 793 g/mol. The number of aryl methyl sites for hydroxylation is 1. The molecular formula is C45H32N2O10S2. The van der Waals surface area contributed by atoms with Gasteiger partial charge in [-0.2, -0.15) is 16.8 Å². The van der Waals surface area contributed by atoms with Gasteiger partial charge in [0.25, 0.3) is 0 Å². The molecule has 2 heterocycles. The minimum atomic E-state index is -3.93. The summed E-state index contributed by atoms with van der Waals surface area (Å²) in [5.41, 5.74) is 5.36. The van der Waals surface area contributed by atoms with Gasteiger partial charge >= 0.3 is 32.2 Å². The van der Waals surface area contributed by atoms with E-state index in [-0.39, 0.29) is 21.3 Å². The summed E-state index contributed by atoms with van der Waals surface area (Å²) >= 11 is 0. The largest absolute Gasteiger partial charge is 0.379 e. The molecule has 12 nitrogen and oxygen atoms in total. The summed E-state index contributed by atoms with van der Waals surface area (Å²) in [5, 5.41) is 7.72. The van der Waals surface area contributed by atoms with Gasteiger partial charge in [-0.25, -0.2) is 9.59 Å². The summed E-state index contributed by atoms with van der Waals surface area (Å²) in [4.78, 5) is 34.0. The van der Waals surface area contributed by atoms with E-state index >= 15 is 0 Å². The number of oxime groups is 2. The van der Waals surface area contributed by atoms with E-state index in [0.717, 1.165) is 16.7 Å². The van der Waals surface area contributed by atoms with Crippen LogP contribution < -0.4 is 8.37 Å². The molecule has 0 aromatic heterocycles. The molecule has 0 saturated heterocycles. The van der Waals surface area contributed by atoms with E-state index < -0.39 is 32.2 Å². The van der Waals surface area contributed by atoms with E-state index in [1.165, 1.54) is 48.5 Å². The maximum Gasteiger partial charge on any atom is 0.368 e. The van der Waals surface area contributed by atoms with Crippen LogP contribution in [-0.4, -0.2) is 40.2 Å². The number of nitrogens with zero attached hydrogens (tertiary/aromatic N) is 2. The average Bonchev–Trinajstić information content (AvgIpc) is 3.80. The zero-order chi connectivity index (χ0) is 41.4. The first-order chi connectivity index (χ1) is 28.4. The Hall–Kier alpha value is -7.42. The fraction of sp³-hybridized carbons (Fsp3) is 0.0222. The molecule has 0 N–H and O–H groups in total. The van der Waals surface area contributed by atoms with Crippen LogP contribution in [0.4, 0.5) is 0 Å². The summed E-state index contributed by atoms with van der Waals surface area (Å²) in [6.45, 7) is 1.87. The molecule has 6 aromatic carbocycles. The van der Waals surface area contributed by atoms with E-state index in [4.69, 9.17) is 18.0 Å². The molecule has 2 aliphatic heterocycles. The van der Waals surface area contributed by atoms with E-state index in [1.54, 1.807) is 66.7 Å². The second-order valence-electron chi connectivity index (χ2n) is 12.8. The first-order valence-corrected chi connectivity index (χ1v) is 20.6. The van der Waals surface area contributed by atoms with Crippen molar-refractivity contribution in [1.82, 2.24) is 0 Å². The minimum Gasteiger partial charge on any atom is -0.379 e. The van der Waals surface area contributed by atoms with Gasteiger partial charge in [-0.1, -0.05) is 131 Å². The number of carbonyl (C=O) groups is 2. The Bertz CT molecular complexity index is 2840. The van der Waals surface area contributed by atoms with Gasteiger partial charge in [0.2, 0.25) is 0 Å². The van der Waals surface area contributed by atoms with Gasteiger partial charge in [-0.15, -0.1) is 0 Å². The van der Waals surface area contributed by atoms with Gasteiger partial charge < -0.3 is 18.0 Å². The predicted molar refractivity (Wildman–Crippen MR) is 220 cm³/mol. The third kappa shape index (κ3) is 9.76. The number of hydrogen-bond donors (Lipinski definition) is 0. The molecule has 0 atom stereocenters. The first kappa shape index (κ1) is 39.8. The molecule has 0 fully saturated rings. The second-order valence-corrected chi connectivity index (χ2v) is 15.9. The monoisotopic (exact) mass is 824 g/mol. The topological polar surface area (TPSA) is 164 Å². The van der Waals surface area contributed by atoms with Crippen molar-refractivity contribution in [1.29, 1.82) is 0 Å². The SMILES string of the molecule is Cc1ccc(S(=O)(=O)Oc2ccc(/C=C3\C(=O)ON=C3c3ccccc3)cc2)cc1.O=C1ON=C(c2ccccc2)/C1=C/c1ccc(OS(=O)(=O)c2ccccc2)cc1. The standard InChI is InChI=1S/C23H17NO5S.C22H15NO5S/c1-16-7-13-20(14-8-16)30(26,27)29-19-11-9-17(10-12-19)15-21-22(24-28-23(21)25)18-5-3-2-4-6-18;24-22-20(21(23-27-22)17-7-3-1-4-8-17)15-16-11-13-18(14-12-16)28-29(25,26)19-9-5-2-6-10-19/h2-15H,1H3;1-15H/b21-15-;20-15-. The molecule has 0 aliphatic carbocycles. The number of rotatable bonds is 10. The van der Waals surface area contributed by atoms with Gasteiger partial charge in [-0.3, -0.25) is 0 Å². The van der Waals surface area contributed by atoms with E-state index in [9.17, 15) is 26.4 Å². The van der Waals surface area contributed by atoms with Crippen molar-refractivity contribution in [3.63, 3.8) is 0 Å². The Kier molecular flexibility index (Phi) is 11.7. The Labute approximate surface area is 340 Å². The molecule has 294 valence electrons. The van der Waals surface area contributed by atoms with Crippen LogP contribution in [0.2, 0.25) is 0 Å². The van der Waals surface area contributed by atoms with Crippen molar-refractivity contribution in [3.05, 3.63) is 203 Å². The predicted octanol–water partition coefficient (Wildman–Crippen LogP) is 7.91. The number of carbonyl (C=O) groups excluding carboxylic acids is 2. The van der Waals surface area contributed by atoms with E-state index in [0.29, 0.717) is 33.7 Å². The summed E-state index contributed by atoms with van der Waals surface area (Å²) in [6, 6.07) is 45.5. The highest BCUT2D eigenvalue weighted by Crippen LogP contribution is 2.26. The lowest BCUT2D eigenvalue weighted by Crippen LogP contribution is -2.09. The van der Waals surface area contributed by atoms with Crippen LogP contribution in [-0.2, 0) is 39.5 Å². The molecule has 0 saturated carbocycles. The van der Waals surface area contributed by atoms with Gasteiger partial charge in [0, 0.05) is 11.1 Å². The highest BCUT2D eigenvalue weighted by atomic mass is 32.2. The first-order valence-electron chi connectivity index (χ1n) is 17.8. The fourth-order valence-electron chi connectivity index (χ4n) is 5.64. The molecule has 0 unspecified atom stereocenters. The molecule has 14 heteroatoms. The summed E-state index contributed by atoms with van der Waals surface area (Å²) in [6.07, 6.45) is 3.27. The fourth-order valence-corrected chi connectivity index (χ4v) is 7.52. The van der Waals surface area contributed by atoms with Crippen molar-refractivity contribution < 1.29 is 44.5 Å². The normalized spacial score (nSPS) is 15.1. The Morgan fingerprint density at radius 3 is 1.20 bits per heavy atom. The summed E-state index contributed by atoms with van der Waals surface area (Å²) in [7, 11) is -7.84. The quantitative estimate of drug-likeness (QED) is 0.0754. The van der Waals surface area contributed by atoms with Crippen molar-refractivity contribution in [3.8, 4) is 11.5 Å². The number of hydrogen-bond acceptors (Lipinski definition) is 12. The second kappa shape index (κ2) is 17.4. The maximum atomic E-state index is 12.4.